The largest absolute Gasteiger partial charge is 0.494 e. The number of aromatic nitrogens is 1. The van der Waals surface area contributed by atoms with Gasteiger partial charge in [0.1, 0.15) is 22.6 Å². The summed E-state index contributed by atoms with van der Waals surface area (Å²) < 4.78 is 11.8. The summed E-state index contributed by atoms with van der Waals surface area (Å²) in [5.41, 5.74) is 3.34. The summed E-state index contributed by atoms with van der Waals surface area (Å²) in [5, 5.41) is 7.74. The van der Waals surface area contributed by atoms with Gasteiger partial charge in [-0.3, -0.25) is 0 Å². The van der Waals surface area contributed by atoms with Gasteiger partial charge in [-0.05, 0) is 46.8 Å². The van der Waals surface area contributed by atoms with E-state index in [1.807, 2.05) is 13.8 Å². The van der Waals surface area contributed by atoms with Crippen molar-refractivity contribution in [2.45, 2.75) is 60.2 Å². The monoisotopic (exact) mass is 402 g/mol. The number of nitrogens with one attached hydrogen (secondary N) is 2. The summed E-state index contributed by atoms with van der Waals surface area (Å²) in [5.74, 6) is 2.61. The van der Waals surface area contributed by atoms with Gasteiger partial charge in [-0.25, -0.2) is 9.98 Å². The first kappa shape index (κ1) is 20.5. The van der Waals surface area contributed by atoms with Gasteiger partial charge in [0.2, 0.25) is 0 Å². The van der Waals surface area contributed by atoms with Gasteiger partial charge in [-0.15, -0.1) is 11.3 Å². The predicted molar refractivity (Wildman–Crippen MR) is 115 cm³/mol. The number of rotatable bonds is 7. The van der Waals surface area contributed by atoms with E-state index in [9.17, 15) is 0 Å². The van der Waals surface area contributed by atoms with Crippen LogP contribution in [0, 0.1) is 13.8 Å². The van der Waals surface area contributed by atoms with E-state index in [1.54, 1.807) is 11.3 Å². The first-order valence-corrected chi connectivity index (χ1v) is 10.7. The molecule has 28 heavy (non-hydrogen) atoms. The van der Waals surface area contributed by atoms with Crippen LogP contribution < -0.4 is 20.1 Å². The van der Waals surface area contributed by atoms with Gasteiger partial charge in [0, 0.05) is 29.0 Å². The molecular weight excluding hydrogens is 372 g/mol. The maximum absolute atomic E-state index is 5.91. The Labute approximate surface area is 171 Å². The Kier molecular flexibility index (Phi) is 6.78. The van der Waals surface area contributed by atoms with Crippen molar-refractivity contribution < 1.29 is 9.47 Å². The number of nitrogens with zero attached hydrogens (tertiary/aromatic N) is 2. The second kappa shape index (κ2) is 9.28. The summed E-state index contributed by atoms with van der Waals surface area (Å²) in [7, 11) is 0. The minimum atomic E-state index is 0.215. The molecule has 0 radical (unpaired) electrons. The van der Waals surface area contributed by atoms with E-state index in [4.69, 9.17) is 14.5 Å². The lowest BCUT2D eigenvalue weighted by atomic mass is 10.1. The predicted octanol–water partition coefficient (Wildman–Crippen LogP) is 3.74. The number of guanidine groups is 1. The molecule has 1 aliphatic heterocycles. The first-order chi connectivity index (χ1) is 13.5. The molecule has 0 spiro atoms. The number of aliphatic imine (C=N–C) groups is 1. The molecule has 0 fully saturated rings. The molecule has 2 heterocycles. The quantitative estimate of drug-likeness (QED) is 0.545. The van der Waals surface area contributed by atoms with Gasteiger partial charge in [0.05, 0.1) is 25.4 Å². The Morgan fingerprint density at radius 1 is 1.32 bits per heavy atom. The second-order valence-electron chi connectivity index (χ2n) is 6.93. The van der Waals surface area contributed by atoms with E-state index in [0.29, 0.717) is 19.7 Å². The minimum Gasteiger partial charge on any atom is -0.494 e. The van der Waals surface area contributed by atoms with E-state index < -0.39 is 0 Å². The normalized spacial score (nSPS) is 15.9. The summed E-state index contributed by atoms with van der Waals surface area (Å²) in [4.78, 5) is 10.6. The highest BCUT2D eigenvalue weighted by Gasteiger charge is 2.21. The molecule has 0 bridgehead atoms. The summed E-state index contributed by atoms with van der Waals surface area (Å²) in [6, 6.07) is 4.18. The fourth-order valence-corrected chi connectivity index (χ4v) is 4.05. The van der Waals surface area contributed by atoms with E-state index in [0.717, 1.165) is 46.7 Å². The molecule has 1 aromatic heterocycles. The Bertz CT molecular complexity index is 828. The molecule has 0 saturated carbocycles. The lowest BCUT2D eigenvalue weighted by molar-refractivity contribution is 0.254. The molecule has 3 rings (SSSR count). The Balaban J connectivity index is 1.73. The summed E-state index contributed by atoms with van der Waals surface area (Å²) >= 11 is 1.72. The molecule has 1 atom stereocenters. The lowest BCUT2D eigenvalue weighted by Crippen LogP contribution is -2.36. The van der Waals surface area contributed by atoms with Gasteiger partial charge in [-0.2, -0.15) is 0 Å². The molecule has 0 saturated heterocycles. The van der Waals surface area contributed by atoms with Crippen molar-refractivity contribution in [1.82, 2.24) is 15.6 Å². The SMILES string of the molecule is CCNC(=NCc1cc2c(cc1OCC)CC(C)O2)NCc1nc(C)c(C)s1. The molecule has 0 amide bonds. The molecule has 2 aromatic rings. The third-order valence-corrected chi connectivity index (χ3v) is 5.68. The zero-order valence-electron chi connectivity index (χ0n) is 17.4. The second-order valence-corrected chi connectivity index (χ2v) is 8.22. The van der Waals surface area contributed by atoms with E-state index in [-0.39, 0.29) is 6.10 Å². The molecule has 7 heteroatoms. The molecule has 1 aliphatic rings. The Morgan fingerprint density at radius 2 is 2.14 bits per heavy atom. The molecule has 152 valence electrons. The number of aryl methyl sites for hydroxylation is 2. The number of thiazole rings is 1. The fourth-order valence-electron chi connectivity index (χ4n) is 3.17. The van der Waals surface area contributed by atoms with Crippen LogP contribution in [0.1, 0.15) is 47.5 Å². The number of ether oxygens (including phenoxy) is 2. The average Bonchev–Trinajstić information content (AvgIpc) is 3.17. The van der Waals surface area contributed by atoms with Crippen molar-refractivity contribution in [2.24, 2.45) is 4.99 Å². The highest BCUT2D eigenvalue weighted by atomic mass is 32.1. The summed E-state index contributed by atoms with van der Waals surface area (Å²) in [6.07, 6.45) is 1.14. The number of hydrogen-bond donors (Lipinski definition) is 2. The fraction of sp³-hybridized carbons (Fsp3) is 0.524. The summed E-state index contributed by atoms with van der Waals surface area (Å²) in [6.45, 7) is 12.9. The smallest absolute Gasteiger partial charge is 0.191 e. The molecule has 2 N–H and O–H groups in total. The van der Waals surface area contributed by atoms with Crippen molar-refractivity contribution in [2.75, 3.05) is 13.2 Å². The van der Waals surface area contributed by atoms with Crippen molar-refractivity contribution >= 4 is 17.3 Å². The average molecular weight is 403 g/mol. The van der Waals surface area contributed by atoms with Gasteiger partial charge in [-0.1, -0.05) is 0 Å². The van der Waals surface area contributed by atoms with Gasteiger partial charge in [0.15, 0.2) is 5.96 Å². The van der Waals surface area contributed by atoms with Crippen LogP contribution in [0.15, 0.2) is 17.1 Å². The van der Waals surface area contributed by atoms with Gasteiger partial charge < -0.3 is 20.1 Å². The number of benzene rings is 1. The van der Waals surface area contributed by atoms with Crippen LogP contribution in [-0.2, 0) is 19.5 Å². The number of fused-ring (bicyclic) bond motifs is 1. The minimum absolute atomic E-state index is 0.215. The van der Waals surface area contributed by atoms with Crippen LogP contribution in [0.2, 0.25) is 0 Å². The molecule has 1 unspecified atom stereocenters. The zero-order chi connectivity index (χ0) is 20.1. The lowest BCUT2D eigenvalue weighted by Gasteiger charge is -2.13. The van der Waals surface area contributed by atoms with E-state index in [2.05, 4.69) is 48.5 Å². The van der Waals surface area contributed by atoms with E-state index >= 15 is 0 Å². The van der Waals surface area contributed by atoms with Crippen LogP contribution in [0.25, 0.3) is 0 Å². The van der Waals surface area contributed by atoms with E-state index in [1.165, 1.54) is 10.4 Å². The third-order valence-electron chi connectivity index (χ3n) is 4.61. The van der Waals surface area contributed by atoms with Gasteiger partial charge >= 0.3 is 0 Å². The van der Waals surface area contributed by atoms with Crippen LogP contribution in [0.4, 0.5) is 0 Å². The zero-order valence-corrected chi connectivity index (χ0v) is 18.2. The molecule has 1 aromatic carbocycles. The van der Waals surface area contributed by atoms with Crippen LogP contribution in [-0.4, -0.2) is 30.2 Å². The molecular formula is C21H30N4O2S. The van der Waals surface area contributed by atoms with Crippen molar-refractivity contribution in [3.63, 3.8) is 0 Å². The van der Waals surface area contributed by atoms with Crippen LogP contribution >= 0.6 is 11.3 Å². The topological polar surface area (TPSA) is 67.8 Å². The maximum atomic E-state index is 5.91. The Hall–Kier alpha value is -2.28. The standard InChI is InChI=1S/C21H30N4O2S/c1-6-22-21(24-12-20-25-14(4)15(5)28-20)23-11-17-10-19-16(8-13(3)27-19)9-18(17)26-7-2/h9-10,13H,6-8,11-12H2,1-5H3,(H2,22,23,24). The number of hydrogen-bond acceptors (Lipinski definition) is 5. The van der Waals surface area contributed by atoms with Crippen LogP contribution in [0.5, 0.6) is 11.5 Å². The first-order valence-electron chi connectivity index (χ1n) is 9.90. The maximum Gasteiger partial charge on any atom is 0.191 e. The molecule has 6 nitrogen and oxygen atoms in total. The van der Waals surface area contributed by atoms with Crippen molar-refractivity contribution in [3.8, 4) is 11.5 Å². The van der Waals surface area contributed by atoms with Crippen molar-refractivity contribution in [1.29, 1.82) is 0 Å². The highest BCUT2D eigenvalue weighted by molar-refractivity contribution is 7.11. The van der Waals surface area contributed by atoms with Crippen LogP contribution in [0.3, 0.4) is 0 Å². The third kappa shape index (κ3) is 4.95. The van der Waals surface area contributed by atoms with Crippen molar-refractivity contribution in [3.05, 3.63) is 38.8 Å². The highest BCUT2D eigenvalue weighted by Crippen LogP contribution is 2.35. The Morgan fingerprint density at radius 3 is 2.82 bits per heavy atom. The van der Waals surface area contributed by atoms with Gasteiger partial charge in [0.25, 0.3) is 0 Å². The molecule has 0 aliphatic carbocycles.